The molecule has 0 unspecified atom stereocenters. The van der Waals surface area contributed by atoms with Gasteiger partial charge in [-0.1, -0.05) is 6.07 Å². The zero-order valence-electron chi connectivity index (χ0n) is 10.9. The van der Waals surface area contributed by atoms with E-state index in [0.717, 1.165) is 5.56 Å². The maximum atomic E-state index is 10.7. The van der Waals surface area contributed by atoms with E-state index in [4.69, 9.17) is 14.6 Å². The van der Waals surface area contributed by atoms with E-state index in [1.807, 2.05) is 25.1 Å². The number of carboxylic acid groups (broad SMARTS) is 1. The maximum absolute atomic E-state index is 10.7. The Labute approximate surface area is 107 Å². The molecule has 5 heteroatoms. The topological polar surface area (TPSA) is 67.8 Å². The molecule has 0 radical (unpaired) electrons. The fourth-order valence-electron chi connectivity index (χ4n) is 1.46. The number of hydrogen-bond acceptors (Lipinski definition) is 4. The van der Waals surface area contributed by atoms with Gasteiger partial charge in [0.2, 0.25) is 0 Å². The molecule has 0 fully saturated rings. The van der Waals surface area contributed by atoms with Crippen LogP contribution in [-0.2, 0) is 11.3 Å². The van der Waals surface area contributed by atoms with E-state index >= 15 is 0 Å². The van der Waals surface area contributed by atoms with Crippen molar-refractivity contribution in [3.8, 4) is 11.5 Å². The highest BCUT2D eigenvalue weighted by molar-refractivity contribution is 5.72. The Morgan fingerprint density at radius 3 is 2.72 bits per heavy atom. The molecule has 1 aromatic rings. The SMILES string of the molecule is CCOc1cc(CN[C@H](C)C(=O)O)ccc1OC. The van der Waals surface area contributed by atoms with Gasteiger partial charge in [0.1, 0.15) is 6.04 Å². The molecule has 0 amide bonds. The molecular formula is C13H19NO4. The predicted octanol–water partition coefficient (Wildman–Crippen LogP) is 1.66. The zero-order chi connectivity index (χ0) is 13.5. The van der Waals surface area contributed by atoms with Crippen LogP contribution in [0.3, 0.4) is 0 Å². The van der Waals surface area contributed by atoms with Crippen LogP contribution in [0.5, 0.6) is 11.5 Å². The molecule has 0 heterocycles. The molecule has 0 aliphatic heterocycles. The van der Waals surface area contributed by atoms with E-state index in [1.165, 1.54) is 0 Å². The molecule has 18 heavy (non-hydrogen) atoms. The minimum atomic E-state index is -0.867. The van der Waals surface area contributed by atoms with Gasteiger partial charge in [-0.05, 0) is 31.5 Å². The van der Waals surface area contributed by atoms with Crippen molar-refractivity contribution in [3.63, 3.8) is 0 Å². The molecule has 2 N–H and O–H groups in total. The monoisotopic (exact) mass is 253 g/mol. The van der Waals surface area contributed by atoms with Gasteiger partial charge in [-0.3, -0.25) is 4.79 Å². The van der Waals surface area contributed by atoms with Gasteiger partial charge >= 0.3 is 5.97 Å². The van der Waals surface area contributed by atoms with E-state index in [9.17, 15) is 4.79 Å². The van der Waals surface area contributed by atoms with Crippen LogP contribution in [-0.4, -0.2) is 30.8 Å². The van der Waals surface area contributed by atoms with Crippen molar-refractivity contribution in [1.82, 2.24) is 5.32 Å². The van der Waals surface area contributed by atoms with Crippen molar-refractivity contribution in [2.24, 2.45) is 0 Å². The van der Waals surface area contributed by atoms with Crippen LogP contribution in [0.4, 0.5) is 0 Å². The lowest BCUT2D eigenvalue weighted by molar-refractivity contribution is -0.139. The number of carboxylic acids is 1. The van der Waals surface area contributed by atoms with Crippen LogP contribution in [0.15, 0.2) is 18.2 Å². The van der Waals surface area contributed by atoms with E-state index in [0.29, 0.717) is 24.7 Å². The summed E-state index contributed by atoms with van der Waals surface area (Å²) in [4.78, 5) is 10.7. The van der Waals surface area contributed by atoms with Crippen LogP contribution >= 0.6 is 0 Å². The zero-order valence-corrected chi connectivity index (χ0v) is 10.9. The van der Waals surface area contributed by atoms with Crippen molar-refractivity contribution in [2.45, 2.75) is 26.4 Å². The van der Waals surface area contributed by atoms with Gasteiger partial charge in [-0.25, -0.2) is 0 Å². The molecule has 0 saturated heterocycles. The number of aliphatic carboxylic acids is 1. The summed E-state index contributed by atoms with van der Waals surface area (Å²) in [5, 5.41) is 11.7. The minimum absolute atomic E-state index is 0.470. The van der Waals surface area contributed by atoms with Crippen molar-refractivity contribution in [1.29, 1.82) is 0 Å². The molecule has 0 aliphatic rings. The van der Waals surface area contributed by atoms with Crippen molar-refractivity contribution >= 4 is 5.97 Å². The number of carbonyl (C=O) groups is 1. The quantitative estimate of drug-likeness (QED) is 0.773. The van der Waals surface area contributed by atoms with E-state index < -0.39 is 12.0 Å². The van der Waals surface area contributed by atoms with E-state index in [-0.39, 0.29) is 0 Å². The smallest absolute Gasteiger partial charge is 0.320 e. The Kier molecular flexibility index (Phi) is 5.45. The summed E-state index contributed by atoms with van der Waals surface area (Å²) in [7, 11) is 1.59. The van der Waals surface area contributed by atoms with Gasteiger partial charge in [0.25, 0.3) is 0 Å². The molecule has 0 aliphatic carbocycles. The maximum Gasteiger partial charge on any atom is 0.320 e. The third kappa shape index (κ3) is 3.92. The lowest BCUT2D eigenvalue weighted by Gasteiger charge is -2.13. The third-order valence-electron chi connectivity index (χ3n) is 2.51. The average molecular weight is 253 g/mol. The van der Waals surface area contributed by atoms with Crippen LogP contribution in [0, 0.1) is 0 Å². The fourth-order valence-corrected chi connectivity index (χ4v) is 1.46. The van der Waals surface area contributed by atoms with Gasteiger partial charge in [-0.15, -0.1) is 0 Å². The molecule has 0 saturated carbocycles. The summed E-state index contributed by atoms with van der Waals surface area (Å²) in [6, 6.07) is 4.96. The molecule has 1 atom stereocenters. The highest BCUT2D eigenvalue weighted by Crippen LogP contribution is 2.27. The predicted molar refractivity (Wildman–Crippen MR) is 68.1 cm³/mol. The van der Waals surface area contributed by atoms with Crippen molar-refractivity contribution in [2.75, 3.05) is 13.7 Å². The van der Waals surface area contributed by atoms with Crippen LogP contribution in [0.2, 0.25) is 0 Å². The number of nitrogens with one attached hydrogen (secondary N) is 1. The van der Waals surface area contributed by atoms with Crippen LogP contribution < -0.4 is 14.8 Å². The second-order valence-electron chi connectivity index (χ2n) is 3.86. The van der Waals surface area contributed by atoms with Gasteiger partial charge in [0.05, 0.1) is 13.7 Å². The molecule has 0 aromatic heterocycles. The first-order valence-corrected chi connectivity index (χ1v) is 5.84. The second-order valence-corrected chi connectivity index (χ2v) is 3.86. The second kappa shape index (κ2) is 6.86. The first kappa shape index (κ1) is 14.3. The molecule has 0 bridgehead atoms. The molecule has 5 nitrogen and oxygen atoms in total. The Morgan fingerprint density at radius 2 is 2.17 bits per heavy atom. The number of methoxy groups -OCH3 is 1. The Bertz CT molecular complexity index is 406. The molecule has 100 valence electrons. The lowest BCUT2D eigenvalue weighted by atomic mass is 10.2. The number of hydrogen-bond donors (Lipinski definition) is 2. The minimum Gasteiger partial charge on any atom is -0.493 e. The van der Waals surface area contributed by atoms with Crippen molar-refractivity contribution < 1.29 is 19.4 Å². The molecule has 1 rings (SSSR count). The Hall–Kier alpha value is -1.75. The molecule has 1 aromatic carbocycles. The standard InChI is InChI=1S/C13H19NO4/c1-4-18-12-7-10(5-6-11(12)17-3)8-14-9(2)13(15)16/h5-7,9,14H,4,8H2,1-3H3,(H,15,16)/t9-/m1/s1. The average Bonchev–Trinajstić information content (AvgIpc) is 2.36. The molecular weight excluding hydrogens is 234 g/mol. The third-order valence-corrected chi connectivity index (χ3v) is 2.51. The number of ether oxygens (including phenoxy) is 2. The first-order chi connectivity index (χ1) is 8.58. The fraction of sp³-hybridized carbons (Fsp3) is 0.462. The van der Waals surface area contributed by atoms with Crippen LogP contribution in [0.25, 0.3) is 0 Å². The summed E-state index contributed by atoms with van der Waals surface area (Å²) < 4.78 is 10.6. The van der Waals surface area contributed by atoms with Crippen molar-refractivity contribution in [3.05, 3.63) is 23.8 Å². The lowest BCUT2D eigenvalue weighted by Crippen LogP contribution is -2.33. The van der Waals surface area contributed by atoms with Gasteiger partial charge in [0, 0.05) is 6.54 Å². The summed E-state index contributed by atoms with van der Waals surface area (Å²) in [6.45, 7) is 4.53. The molecule has 0 spiro atoms. The highest BCUT2D eigenvalue weighted by atomic mass is 16.5. The highest BCUT2D eigenvalue weighted by Gasteiger charge is 2.10. The van der Waals surface area contributed by atoms with E-state index in [1.54, 1.807) is 14.0 Å². The first-order valence-electron chi connectivity index (χ1n) is 5.84. The summed E-state index contributed by atoms with van der Waals surface area (Å²) in [5.74, 6) is 0.475. The van der Waals surface area contributed by atoms with Gasteiger partial charge in [-0.2, -0.15) is 0 Å². The number of rotatable bonds is 7. The van der Waals surface area contributed by atoms with Gasteiger partial charge < -0.3 is 19.9 Å². The largest absolute Gasteiger partial charge is 0.493 e. The normalized spacial score (nSPS) is 11.9. The van der Waals surface area contributed by atoms with Gasteiger partial charge in [0.15, 0.2) is 11.5 Å². The summed E-state index contributed by atoms with van der Waals surface area (Å²) in [6.07, 6.45) is 0. The van der Waals surface area contributed by atoms with Crippen LogP contribution in [0.1, 0.15) is 19.4 Å². The summed E-state index contributed by atoms with van der Waals surface area (Å²) >= 11 is 0. The Morgan fingerprint density at radius 1 is 1.44 bits per heavy atom. The Balaban J connectivity index is 2.72. The van der Waals surface area contributed by atoms with E-state index in [2.05, 4.69) is 5.32 Å². The number of benzene rings is 1. The summed E-state index contributed by atoms with van der Waals surface area (Å²) in [5.41, 5.74) is 0.951.